The lowest BCUT2D eigenvalue weighted by molar-refractivity contribution is -0.131. The zero-order valence-corrected chi connectivity index (χ0v) is 15.4. The van der Waals surface area contributed by atoms with E-state index in [2.05, 4.69) is 0 Å². The molecule has 4 rings (SSSR count). The maximum absolute atomic E-state index is 12.6. The predicted octanol–water partition coefficient (Wildman–Crippen LogP) is 1.73. The molecule has 144 valence electrons. The van der Waals surface area contributed by atoms with Crippen molar-refractivity contribution >= 4 is 23.4 Å². The Balaban J connectivity index is 1.32. The number of fused-ring (bicyclic) bond motifs is 1. The number of benzene rings is 2. The smallest absolute Gasteiger partial charge is 0.261 e. The lowest BCUT2D eigenvalue weighted by Gasteiger charge is -2.36. The van der Waals surface area contributed by atoms with Crippen LogP contribution in [-0.4, -0.2) is 65.4 Å². The minimum absolute atomic E-state index is 0.0755. The number of para-hydroxylation sites is 2. The monoisotopic (exact) mass is 379 g/mol. The number of carbonyl (C=O) groups excluding carboxylic acids is 3. The number of hydrogen-bond acceptors (Lipinski definition) is 5. The Hall–Kier alpha value is -3.35. The highest BCUT2D eigenvalue weighted by Crippen LogP contribution is 2.27. The quantitative estimate of drug-likeness (QED) is 0.819. The molecule has 2 aliphatic rings. The summed E-state index contributed by atoms with van der Waals surface area (Å²) in [5.74, 6) is -0.517. The number of phenols is 1. The Morgan fingerprint density at radius 3 is 2.04 bits per heavy atom. The predicted molar refractivity (Wildman–Crippen MR) is 103 cm³/mol. The van der Waals surface area contributed by atoms with Crippen LogP contribution in [0.5, 0.6) is 5.75 Å². The van der Waals surface area contributed by atoms with E-state index in [1.54, 1.807) is 41.3 Å². The van der Waals surface area contributed by atoms with Gasteiger partial charge < -0.3 is 14.9 Å². The first-order valence-corrected chi connectivity index (χ1v) is 9.32. The van der Waals surface area contributed by atoms with Gasteiger partial charge in [-0.2, -0.15) is 0 Å². The number of amides is 3. The van der Waals surface area contributed by atoms with Crippen LogP contribution in [-0.2, 0) is 4.79 Å². The number of anilines is 1. The van der Waals surface area contributed by atoms with Crippen LogP contribution < -0.4 is 4.90 Å². The molecule has 2 heterocycles. The molecule has 7 nitrogen and oxygen atoms in total. The van der Waals surface area contributed by atoms with E-state index in [1.807, 2.05) is 17.0 Å². The topological polar surface area (TPSA) is 81.2 Å². The molecule has 0 saturated carbocycles. The Morgan fingerprint density at radius 1 is 0.857 bits per heavy atom. The van der Waals surface area contributed by atoms with E-state index in [0.29, 0.717) is 37.3 Å². The van der Waals surface area contributed by atoms with E-state index >= 15 is 0 Å². The second-order valence-corrected chi connectivity index (χ2v) is 6.91. The Kier molecular flexibility index (Phi) is 4.73. The highest BCUT2D eigenvalue weighted by Gasteiger charge is 2.35. The molecule has 1 saturated heterocycles. The second kappa shape index (κ2) is 7.34. The standard InChI is InChI=1S/C21H21N3O4/c25-18-8-4-3-7-17(18)22-11-13-23(14-12-22)19(26)9-10-24-20(27)15-5-1-2-6-16(15)21(24)28/h1-8,25H,9-14H2. The van der Waals surface area contributed by atoms with Crippen molar-refractivity contribution in [2.45, 2.75) is 6.42 Å². The van der Waals surface area contributed by atoms with Crippen LogP contribution in [0.1, 0.15) is 27.1 Å². The highest BCUT2D eigenvalue weighted by atomic mass is 16.3. The van der Waals surface area contributed by atoms with Crippen LogP contribution in [0.15, 0.2) is 48.5 Å². The summed E-state index contributed by atoms with van der Waals surface area (Å²) in [5.41, 5.74) is 1.56. The average Bonchev–Trinajstić information content (AvgIpc) is 2.97. The van der Waals surface area contributed by atoms with Crippen molar-refractivity contribution in [3.63, 3.8) is 0 Å². The van der Waals surface area contributed by atoms with Crippen molar-refractivity contribution in [3.8, 4) is 5.75 Å². The van der Waals surface area contributed by atoms with Gasteiger partial charge in [0, 0.05) is 39.1 Å². The number of piperazine rings is 1. The van der Waals surface area contributed by atoms with Gasteiger partial charge in [0.15, 0.2) is 0 Å². The van der Waals surface area contributed by atoms with Crippen LogP contribution in [0.3, 0.4) is 0 Å². The Morgan fingerprint density at radius 2 is 1.43 bits per heavy atom. The fourth-order valence-electron chi connectivity index (χ4n) is 3.74. The SMILES string of the molecule is O=C(CCN1C(=O)c2ccccc2C1=O)N1CCN(c2ccccc2O)CC1. The molecule has 0 radical (unpaired) electrons. The summed E-state index contributed by atoms with van der Waals surface area (Å²) in [5, 5.41) is 9.98. The third-order valence-corrected chi connectivity index (χ3v) is 5.28. The maximum Gasteiger partial charge on any atom is 0.261 e. The van der Waals surface area contributed by atoms with E-state index in [4.69, 9.17) is 0 Å². The molecule has 0 unspecified atom stereocenters. The Bertz CT molecular complexity index is 900. The molecule has 2 aromatic carbocycles. The van der Waals surface area contributed by atoms with Gasteiger partial charge in [-0.15, -0.1) is 0 Å². The summed E-state index contributed by atoms with van der Waals surface area (Å²) >= 11 is 0. The van der Waals surface area contributed by atoms with E-state index in [0.717, 1.165) is 10.6 Å². The first-order chi connectivity index (χ1) is 13.6. The molecule has 28 heavy (non-hydrogen) atoms. The molecule has 0 bridgehead atoms. The summed E-state index contributed by atoms with van der Waals surface area (Å²) in [7, 11) is 0. The van der Waals surface area contributed by atoms with Gasteiger partial charge in [-0.25, -0.2) is 0 Å². The number of phenolic OH excluding ortho intramolecular Hbond substituents is 1. The lowest BCUT2D eigenvalue weighted by Crippen LogP contribution is -2.49. The molecular weight excluding hydrogens is 358 g/mol. The molecule has 2 aromatic rings. The summed E-state index contributed by atoms with van der Waals surface area (Å²) in [4.78, 5) is 42.3. The minimum atomic E-state index is -0.335. The van der Waals surface area contributed by atoms with Crippen LogP contribution in [0, 0.1) is 0 Å². The van der Waals surface area contributed by atoms with Crippen molar-refractivity contribution in [1.82, 2.24) is 9.80 Å². The second-order valence-electron chi connectivity index (χ2n) is 6.91. The first kappa shape index (κ1) is 18.0. The van der Waals surface area contributed by atoms with Gasteiger partial charge in [-0.1, -0.05) is 24.3 Å². The molecule has 7 heteroatoms. The summed E-state index contributed by atoms with van der Waals surface area (Å²) in [6.07, 6.45) is 0.113. The van der Waals surface area contributed by atoms with Crippen molar-refractivity contribution in [1.29, 1.82) is 0 Å². The van der Waals surface area contributed by atoms with Gasteiger partial charge in [0.1, 0.15) is 5.75 Å². The van der Waals surface area contributed by atoms with E-state index < -0.39 is 0 Å². The minimum Gasteiger partial charge on any atom is -0.506 e. The molecule has 1 N–H and O–H groups in total. The van der Waals surface area contributed by atoms with Gasteiger partial charge >= 0.3 is 0 Å². The molecule has 0 aliphatic carbocycles. The summed E-state index contributed by atoms with van der Waals surface area (Å²) in [6, 6.07) is 13.9. The summed E-state index contributed by atoms with van der Waals surface area (Å²) < 4.78 is 0. The first-order valence-electron chi connectivity index (χ1n) is 9.32. The number of aromatic hydroxyl groups is 1. The van der Waals surface area contributed by atoms with Crippen LogP contribution in [0.2, 0.25) is 0 Å². The molecule has 3 amide bonds. The molecule has 2 aliphatic heterocycles. The maximum atomic E-state index is 12.6. The molecule has 1 fully saturated rings. The van der Waals surface area contributed by atoms with Gasteiger partial charge in [0.05, 0.1) is 16.8 Å². The molecular formula is C21H21N3O4. The number of rotatable bonds is 4. The fourth-order valence-corrected chi connectivity index (χ4v) is 3.74. The molecule has 0 aromatic heterocycles. The van der Waals surface area contributed by atoms with E-state index in [1.165, 1.54) is 0 Å². The normalized spacial score (nSPS) is 16.5. The van der Waals surface area contributed by atoms with Crippen molar-refractivity contribution < 1.29 is 19.5 Å². The summed E-state index contributed by atoms with van der Waals surface area (Å²) in [6.45, 7) is 2.40. The average molecular weight is 379 g/mol. The van der Waals surface area contributed by atoms with Crippen LogP contribution in [0.25, 0.3) is 0 Å². The van der Waals surface area contributed by atoms with Gasteiger partial charge in [-0.05, 0) is 24.3 Å². The van der Waals surface area contributed by atoms with Crippen LogP contribution >= 0.6 is 0 Å². The lowest BCUT2D eigenvalue weighted by atomic mass is 10.1. The molecule has 0 spiro atoms. The van der Waals surface area contributed by atoms with Gasteiger partial charge in [0.2, 0.25) is 5.91 Å². The number of imide groups is 1. The van der Waals surface area contributed by atoms with E-state index in [9.17, 15) is 19.5 Å². The van der Waals surface area contributed by atoms with Crippen molar-refractivity contribution in [3.05, 3.63) is 59.7 Å². The molecule has 0 atom stereocenters. The van der Waals surface area contributed by atoms with E-state index in [-0.39, 0.29) is 36.4 Å². The zero-order chi connectivity index (χ0) is 19.7. The third kappa shape index (κ3) is 3.19. The fraction of sp³-hybridized carbons (Fsp3) is 0.286. The zero-order valence-electron chi connectivity index (χ0n) is 15.4. The van der Waals surface area contributed by atoms with Gasteiger partial charge in [0.25, 0.3) is 11.8 Å². The van der Waals surface area contributed by atoms with Gasteiger partial charge in [-0.3, -0.25) is 19.3 Å². The number of nitrogens with zero attached hydrogens (tertiary/aromatic N) is 3. The van der Waals surface area contributed by atoms with Crippen molar-refractivity contribution in [2.75, 3.05) is 37.6 Å². The Labute approximate surface area is 162 Å². The van der Waals surface area contributed by atoms with Crippen LogP contribution in [0.4, 0.5) is 5.69 Å². The third-order valence-electron chi connectivity index (χ3n) is 5.28. The van der Waals surface area contributed by atoms with Crippen molar-refractivity contribution in [2.24, 2.45) is 0 Å². The number of carbonyl (C=O) groups is 3. The highest BCUT2D eigenvalue weighted by molar-refractivity contribution is 6.21. The number of hydrogen-bond donors (Lipinski definition) is 1. The largest absolute Gasteiger partial charge is 0.506 e.